The van der Waals surface area contributed by atoms with E-state index in [1.165, 1.54) is 12.0 Å². The Morgan fingerprint density at radius 1 is 1.50 bits per heavy atom. The highest BCUT2D eigenvalue weighted by molar-refractivity contribution is 5.94. The number of carbonyl (C=O) groups is 2. The van der Waals surface area contributed by atoms with Crippen LogP contribution < -0.4 is 4.90 Å². The van der Waals surface area contributed by atoms with Crippen LogP contribution in [0.5, 0.6) is 0 Å². The molecule has 2 aliphatic rings. The van der Waals surface area contributed by atoms with Crippen LogP contribution in [0, 0.1) is 0 Å². The highest BCUT2D eigenvalue weighted by Crippen LogP contribution is 2.51. The fourth-order valence-corrected chi connectivity index (χ4v) is 2.83. The summed E-state index contributed by atoms with van der Waals surface area (Å²) < 4.78 is 10.1. The van der Waals surface area contributed by atoms with Gasteiger partial charge in [-0.3, -0.25) is 4.79 Å². The number of para-hydroxylation sites is 1. The van der Waals surface area contributed by atoms with E-state index in [9.17, 15) is 9.59 Å². The maximum atomic E-state index is 11.9. The molecular weight excluding hydrogens is 234 g/mol. The van der Waals surface area contributed by atoms with E-state index in [0.717, 1.165) is 11.3 Å². The molecule has 0 aliphatic carbocycles. The van der Waals surface area contributed by atoms with Crippen LogP contribution in [0.2, 0.25) is 0 Å². The fraction of sp³-hybridized carbons (Fsp3) is 0.385. The van der Waals surface area contributed by atoms with Crippen LogP contribution >= 0.6 is 0 Å². The van der Waals surface area contributed by atoms with E-state index in [-0.39, 0.29) is 12.4 Å². The lowest BCUT2D eigenvalue weighted by atomic mass is 9.82. The Labute approximate surface area is 104 Å². The van der Waals surface area contributed by atoms with Crippen molar-refractivity contribution in [3.05, 3.63) is 29.8 Å². The second-order valence-corrected chi connectivity index (χ2v) is 4.79. The third-order valence-corrected chi connectivity index (χ3v) is 3.68. The van der Waals surface area contributed by atoms with Gasteiger partial charge >= 0.3 is 12.1 Å². The van der Waals surface area contributed by atoms with Gasteiger partial charge in [0.25, 0.3) is 0 Å². The number of ether oxygens (including phenoxy) is 2. The van der Waals surface area contributed by atoms with Crippen molar-refractivity contribution >= 4 is 17.7 Å². The minimum Gasteiger partial charge on any atom is -0.452 e. The van der Waals surface area contributed by atoms with Gasteiger partial charge in [-0.25, -0.2) is 9.69 Å². The van der Waals surface area contributed by atoms with Crippen LogP contribution in [-0.4, -0.2) is 25.4 Å². The minimum absolute atomic E-state index is 0.280. The molecule has 0 unspecified atom stereocenters. The Morgan fingerprint density at radius 2 is 2.22 bits per heavy atom. The van der Waals surface area contributed by atoms with Crippen molar-refractivity contribution in [2.75, 3.05) is 12.0 Å². The fourth-order valence-electron chi connectivity index (χ4n) is 2.83. The molecule has 0 radical (unpaired) electrons. The van der Waals surface area contributed by atoms with Gasteiger partial charge in [0.15, 0.2) is 6.23 Å². The lowest BCUT2D eigenvalue weighted by molar-refractivity contribution is -0.141. The lowest BCUT2D eigenvalue weighted by Gasteiger charge is -2.25. The Hall–Kier alpha value is -2.04. The molecule has 94 valence electrons. The van der Waals surface area contributed by atoms with Crippen molar-refractivity contribution < 1.29 is 19.1 Å². The molecule has 5 nitrogen and oxygen atoms in total. The predicted octanol–water partition coefficient (Wildman–Crippen LogP) is 1.80. The third-order valence-electron chi connectivity index (χ3n) is 3.68. The number of carbonyl (C=O) groups excluding carboxylic acids is 2. The average molecular weight is 247 g/mol. The molecule has 1 amide bonds. The van der Waals surface area contributed by atoms with Gasteiger partial charge in [0.1, 0.15) is 0 Å². The van der Waals surface area contributed by atoms with Gasteiger partial charge in [0.2, 0.25) is 0 Å². The zero-order valence-electron chi connectivity index (χ0n) is 10.2. The van der Waals surface area contributed by atoms with Gasteiger partial charge in [-0.15, -0.1) is 0 Å². The molecule has 1 aromatic carbocycles. The number of rotatable bonds is 0. The van der Waals surface area contributed by atoms with Crippen LogP contribution in [-0.2, 0) is 19.7 Å². The van der Waals surface area contributed by atoms with E-state index >= 15 is 0 Å². The quantitative estimate of drug-likeness (QED) is 0.656. The molecule has 0 aromatic heterocycles. The van der Waals surface area contributed by atoms with Crippen molar-refractivity contribution in [3.63, 3.8) is 0 Å². The van der Waals surface area contributed by atoms with E-state index in [1.54, 1.807) is 0 Å². The molecule has 1 saturated heterocycles. The molecule has 0 saturated carbocycles. The van der Waals surface area contributed by atoms with Crippen molar-refractivity contribution in [2.24, 2.45) is 0 Å². The van der Waals surface area contributed by atoms with E-state index in [0.29, 0.717) is 0 Å². The summed E-state index contributed by atoms with van der Waals surface area (Å²) in [6.07, 6.45) is -0.831. The largest absolute Gasteiger partial charge is 0.452 e. The van der Waals surface area contributed by atoms with Crippen LogP contribution in [0.3, 0.4) is 0 Å². The van der Waals surface area contributed by atoms with Crippen LogP contribution in [0.1, 0.15) is 18.9 Å². The first kappa shape index (κ1) is 11.1. The Bertz CT molecular complexity index is 542. The first-order chi connectivity index (χ1) is 8.58. The third kappa shape index (κ3) is 1.21. The predicted molar refractivity (Wildman–Crippen MR) is 63.2 cm³/mol. The first-order valence-corrected chi connectivity index (χ1v) is 5.74. The molecule has 2 atom stereocenters. The van der Waals surface area contributed by atoms with E-state index in [1.807, 2.05) is 31.2 Å². The van der Waals surface area contributed by atoms with Gasteiger partial charge < -0.3 is 9.47 Å². The maximum absolute atomic E-state index is 11.9. The number of anilines is 1. The summed E-state index contributed by atoms with van der Waals surface area (Å²) in [5.41, 5.74) is 1.22. The number of esters is 1. The van der Waals surface area contributed by atoms with Gasteiger partial charge in [-0.2, -0.15) is 0 Å². The molecule has 1 aromatic rings. The summed E-state index contributed by atoms with van der Waals surface area (Å²) in [5, 5.41) is 0. The van der Waals surface area contributed by atoms with E-state index < -0.39 is 17.7 Å². The number of methoxy groups -OCH3 is 1. The van der Waals surface area contributed by atoms with Gasteiger partial charge in [-0.05, 0) is 18.6 Å². The first-order valence-electron chi connectivity index (χ1n) is 5.74. The monoisotopic (exact) mass is 247 g/mol. The van der Waals surface area contributed by atoms with Crippen molar-refractivity contribution in [1.82, 2.24) is 0 Å². The Balaban J connectivity index is 2.17. The molecular formula is C13H13NO4. The summed E-state index contributed by atoms with van der Waals surface area (Å²) in [5.74, 6) is -0.286. The Morgan fingerprint density at radius 3 is 2.94 bits per heavy atom. The topological polar surface area (TPSA) is 55.8 Å². The average Bonchev–Trinajstić information content (AvgIpc) is 2.77. The second-order valence-electron chi connectivity index (χ2n) is 4.79. The zero-order valence-corrected chi connectivity index (χ0v) is 10.2. The zero-order chi connectivity index (χ0) is 12.9. The second kappa shape index (κ2) is 3.48. The number of amides is 1. The highest BCUT2D eigenvalue weighted by Gasteiger charge is 2.58. The summed E-state index contributed by atoms with van der Waals surface area (Å²) in [4.78, 5) is 24.8. The van der Waals surface area contributed by atoms with Crippen LogP contribution in [0.15, 0.2) is 24.3 Å². The SMILES string of the molecule is COC(=O)N1c2ccccc2[C@]2(C)CC(=O)O[C@H]12. The van der Waals surface area contributed by atoms with E-state index in [2.05, 4.69) is 0 Å². The van der Waals surface area contributed by atoms with Crippen LogP contribution in [0.25, 0.3) is 0 Å². The highest BCUT2D eigenvalue weighted by atomic mass is 16.6. The van der Waals surface area contributed by atoms with Crippen LogP contribution in [0.4, 0.5) is 10.5 Å². The lowest BCUT2D eigenvalue weighted by Crippen LogP contribution is -2.43. The van der Waals surface area contributed by atoms with Gasteiger partial charge in [-0.1, -0.05) is 18.2 Å². The molecule has 5 heteroatoms. The normalized spacial score (nSPS) is 28.7. The summed E-state index contributed by atoms with van der Waals surface area (Å²) in [6, 6.07) is 7.50. The standard InChI is InChI=1S/C13H13NO4/c1-13-7-10(15)18-11(13)14(12(16)17-2)9-6-4-3-5-8(9)13/h3-6,11H,7H2,1-2H3/t11-,13-/m0/s1. The van der Waals surface area contributed by atoms with Gasteiger partial charge in [0.05, 0.1) is 24.6 Å². The molecule has 3 rings (SSSR count). The molecule has 0 spiro atoms. The van der Waals surface area contributed by atoms with E-state index in [4.69, 9.17) is 9.47 Å². The van der Waals surface area contributed by atoms with Crippen molar-refractivity contribution in [1.29, 1.82) is 0 Å². The van der Waals surface area contributed by atoms with Gasteiger partial charge in [0, 0.05) is 0 Å². The molecule has 0 N–H and O–H groups in total. The van der Waals surface area contributed by atoms with Crippen molar-refractivity contribution in [2.45, 2.75) is 25.0 Å². The molecule has 1 fully saturated rings. The number of nitrogens with zero attached hydrogens (tertiary/aromatic N) is 1. The number of benzene rings is 1. The summed E-state index contributed by atoms with van der Waals surface area (Å²) >= 11 is 0. The molecule has 0 bridgehead atoms. The molecule has 18 heavy (non-hydrogen) atoms. The number of hydrogen-bond donors (Lipinski definition) is 0. The number of fused-ring (bicyclic) bond motifs is 3. The maximum Gasteiger partial charge on any atom is 0.417 e. The Kier molecular flexibility index (Phi) is 2.14. The molecule has 2 heterocycles. The van der Waals surface area contributed by atoms with Crippen molar-refractivity contribution in [3.8, 4) is 0 Å². The number of hydrogen-bond acceptors (Lipinski definition) is 4. The smallest absolute Gasteiger partial charge is 0.417 e. The minimum atomic E-state index is -0.602. The molecule has 2 aliphatic heterocycles. The summed E-state index contributed by atoms with van der Waals surface area (Å²) in [6.45, 7) is 1.93. The summed E-state index contributed by atoms with van der Waals surface area (Å²) in [7, 11) is 1.32.